The number of fused-ring (bicyclic) bond motifs is 4. The van der Waals surface area contributed by atoms with Crippen molar-refractivity contribution < 1.29 is 0 Å². The molecule has 29 heavy (non-hydrogen) atoms. The van der Waals surface area contributed by atoms with Crippen molar-refractivity contribution in [3.63, 3.8) is 0 Å². The maximum Gasteiger partial charge on any atom is 0.0390 e. The highest BCUT2D eigenvalue weighted by Gasteiger charge is 2.03. The molecule has 1 heteroatoms. The van der Waals surface area contributed by atoms with Crippen molar-refractivity contribution in [3.05, 3.63) is 109 Å². The molecule has 0 saturated carbocycles. The summed E-state index contributed by atoms with van der Waals surface area (Å²) < 4.78 is 0. The average Bonchev–Trinajstić information content (AvgIpc) is 2.76. The smallest absolute Gasteiger partial charge is 0.0390 e. The minimum absolute atomic E-state index is 1.10. The third-order valence-corrected chi connectivity index (χ3v) is 5.70. The summed E-state index contributed by atoms with van der Waals surface area (Å²) in [5, 5.41) is 13.7. The SMILES string of the molecule is c1ccc2cc3cc(Nc4ccc5cc6ccccc6cc5c4)ccc3cc2c1. The van der Waals surface area contributed by atoms with Gasteiger partial charge in [-0.2, -0.15) is 0 Å². The summed E-state index contributed by atoms with van der Waals surface area (Å²) >= 11 is 0. The third-order valence-electron chi connectivity index (χ3n) is 5.70. The predicted molar refractivity (Wildman–Crippen MR) is 126 cm³/mol. The van der Waals surface area contributed by atoms with Crippen molar-refractivity contribution in [3.8, 4) is 0 Å². The molecule has 6 aromatic rings. The highest BCUT2D eigenvalue weighted by Crippen LogP contribution is 2.29. The van der Waals surface area contributed by atoms with Gasteiger partial charge in [-0.15, -0.1) is 0 Å². The van der Waals surface area contributed by atoms with Crippen LogP contribution in [0.25, 0.3) is 43.1 Å². The van der Waals surface area contributed by atoms with E-state index >= 15 is 0 Å². The fourth-order valence-electron chi connectivity index (χ4n) is 4.20. The highest BCUT2D eigenvalue weighted by atomic mass is 14.9. The maximum absolute atomic E-state index is 3.58. The highest BCUT2D eigenvalue weighted by molar-refractivity contribution is 6.01. The van der Waals surface area contributed by atoms with Gasteiger partial charge in [0.2, 0.25) is 0 Å². The molecule has 0 amide bonds. The summed E-state index contributed by atoms with van der Waals surface area (Å²) in [4.78, 5) is 0. The molecule has 0 fully saturated rings. The molecule has 0 aliphatic heterocycles. The van der Waals surface area contributed by atoms with Crippen LogP contribution in [0.3, 0.4) is 0 Å². The van der Waals surface area contributed by atoms with Gasteiger partial charge in [0.25, 0.3) is 0 Å². The Morgan fingerprint density at radius 3 is 1.07 bits per heavy atom. The number of benzene rings is 6. The Balaban J connectivity index is 1.40. The molecule has 0 heterocycles. The first-order valence-electron chi connectivity index (χ1n) is 9.94. The third kappa shape index (κ3) is 2.88. The van der Waals surface area contributed by atoms with Crippen molar-refractivity contribution in [2.75, 3.05) is 5.32 Å². The van der Waals surface area contributed by atoms with Crippen LogP contribution < -0.4 is 5.32 Å². The lowest BCUT2D eigenvalue weighted by Crippen LogP contribution is -1.90. The number of anilines is 2. The molecule has 0 spiro atoms. The second-order valence-corrected chi connectivity index (χ2v) is 7.65. The molecule has 0 saturated heterocycles. The average molecular weight is 369 g/mol. The molecule has 6 aromatic carbocycles. The van der Waals surface area contributed by atoms with Crippen LogP contribution in [-0.2, 0) is 0 Å². The number of hydrogen-bond donors (Lipinski definition) is 1. The maximum atomic E-state index is 3.58. The van der Waals surface area contributed by atoms with E-state index in [4.69, 9.17) is 0 Å². The lowest BCUT2D eigenvalue weighted by Gasteiger charge is -2.10. The lowest BCUT2D eigenvalue weighted by molar-refractivity contribution is 1.59. The number of rotatable bonds is 2. The van der Waals surface area contributed by atoms with Gasteiger partial charge in [-0.1, -0.05) is 60.7 Å². The van der Waals surface area contributed by atoms with Crippen LogP contribution >= 0.6 is 0 Å². The molecule has 0 unspecified atom stereocenters. The van der Waals surface area contributed by atoms with Crippen molar-refractivity contribution in [2.45, 2.75) is 0 Å². The zero-order valence-electron chi connectivity index (χ0n) is 15.9. The quantitative estimate of drug-likeness (QED) is 0.304. The van der Waals surface area contributed by atoms with Gasteiger partial charge in [0, 0.05) is 11.4 Å². The van der Waals surface area contributed by atoms with E-state index in [0.717, 1.165) is 11.4 Å². The van der Waals surface area contributed by atoms with Crippen LogP contribution in [0.4, 0.5) is 11.4 Å². The fraction of sp³-hybridized carbons (Fsp3) is 0. The van der Waals surface area contributed by atoms with Gasteiger partial charge in [0.1, 0.15) is 0 Å². The van der Waals surface area contributed by atoms with Crippen LogP contribution in [0.5, 0.6) is 0 Å². The Labute approximate surface area is 169 Å². The summed E-state index contributed by atoms with van der Waals surface area (Å²) in [6, 6.07) is 39.2. The second-order valence-electron chi connectivity index (χ2n) is 7.65. The van der Waals surface area contributed by atoms with Crippen LogP contribution in [0.2, 0.25) is 0 Å². The standard InChI is InChI=1S/C28H19N/c1-3-7-21-15-25-17-27(11-9-23(25)13-19(21)5-1)29-28-12-10-24-14-20-6-2-4-8-22(20)16-26(24)18-28/h1-18,29H. The molecule has 0 bridgehead atoms. The molecule has 0 aliphatic rings. The van der Waals surface area contributed by atoms with Gasteiger partial charge >= 0.3 is 0 Å². The lowest BCUT2D eigenvalue weighted by atomic mass is 10.0. The molecule has 0 aromatic heterocycles. The van der Waals surface area contributed by atoms with Gasteiger partial charge in [-0.3, -0.25) is 0 Å². The van der Waals surface area contributed by atoms with Crippen LogP contribution in [-0.4, -0.2) is 0 Å². The summed E-state index contributed by atoms with van der Waals surface area (Å²) in [6.07, 6.45) is 0. The van der Waals surface area contributed by atoms with Crippen LogP contribution in [0, 0.1) is 0 Å². The summed E-state index contributed by atoms with van der Waals surface area (Å²) in [5.74, 6) is 0. The van der Waals surface area contributed by atoms with E-state index in [1.807, 2.05) is 0 Å². The molecule has 0 atom stereocenters. The van der Waals surface area contributed by atoms with E-state index in [-0.39, 0.29) is 0 Å². The molecular weight excluding hydrogens is 350 g/mol. The minimum atomic E-state index is 1.10. The van der Waals surface area contributed by atoms with Gasteiger partial charge in [-0.25, -0.2) is 0 Å². The van der Waals surface area contributed by atoms with Gasteiger partial charge in [-0.05, 0) is 91.6 Å². The molecule has 6 rings (SSSR count). The molecule has 0 radical (unpaired) electrons. The summed E-state index contributed by atoms with van der Waals surface area (Å²) in [5.41, 5.74) is 2.21. The Morgan fingerprint density at radius 2 is 0.655 bits per heavy atom. The molecule has 136 valence electrons. The van der Waals surface area contributed by atoms with Crippen molar-refractivity contribution in [1.82, 2.24) is 0 Å². The first kappa shape index (κ1) is 16.1. The number of nitrogens with one attached hydrogen (secondary N) is 1. The Bertz CT molecular complexity index is 1410. The monoisotopic (exact) mass is 369 g/mol. The van der Waals surface area contributed by atoms with Crippen molar-refractivity contribution >= 4 is 54.5 Å². The normalized spacial score (nSPS) is 11.4. The second kappa shape index (κ2) is 6.35. The van der Waals surface area contributed by atoms with Crippen LogP contribution in [0.15, 0.2) is 109 Å². The number of hydrogen-bond acceptors (Lipinski definition) is 1. The summed E-state index contributed by atoms with van der Waals surface area (Å²) in [6.45, 7) is 0. The predicted octanol–water partition coefficient (Wildman–Crippen LogP) is 8.04. The van der Waals surface area contributed by atoms with Gasteiger partial charge < -0.3 is 5.32 Å². The zero-order valence-corrected chi connectivity index (χ0v) is 15.9. The Morgan fingerprint density at radius 1 is 0.310 bits per heavy atom. The van der Waals surface area contributed by atoms with Crippen LogP contribution in [0.1, 0.15) is 0 Å². The summed E-state index contributed by atoms with van der Waals surface area (Å²) in [7, 11) is 0. The molecular formula is C28H19N. The topological polar surface area (TPSA) is 12.0 Å². The van der Waals surface area contributed by atoms with E-state index in [2.05, 4.69) is 115 Å². The van der Waals surface area contributed by atoms with Crippen molar-refractivity contribution in [1.29, 1.82) is 0 Å². The van der Waals surface area contributed by atoms with E-state index in [9.17, 15) is 0 Å². The van der Waals surface area contributed by atoms with Gasteiger partial charge in [0.15, 0.2) is 0 Å². The Kier molecular flexibility index (Phi) is 3.54. The fourth-order valence-corrected chi connectivity index (χ4v) is 4.20. The largest absolute Gasteiger partial charge is 0.355 e. The van der Waals surface area contributed by atoms with E-state index in [1.165, 1.54) is 43.1 Å². The van der Waals surface area contributed by atoms with Crippen molar-refractivity contribution in [2.24, 2.45) is 0 Å². The van der Waals surface area contributed by atoms with E-state index < -0.39 is 0 Å². The Hall–Kier alpha value is -3.84. The minimum Gasteiger partial charge on any atom is -0.355 e. The van der Waals surface area contributed by atoms with E-state index in [1.54, 1.807) is 0 Å². The first-order valence-corrected chi connectivity index (χ1v) is 9.94. The van der Waals surface area contributed by atoms with E-state index in [0.29, 0.717) is 0 Å². The molecule has 0 aliphatic carbocycles. The molecule has 1 N–H and O–H groups in total. The first-order chi connectivity index (χ1) is 14.3. The zero-order chi connectivity index (χ0) is 19.2. The molecule has 1 nitrogen and oxygen atoms in total. The van der Waals surface area contributed by atoms with Gasteiger partial charge in [0.05, 0.1) is 0 Å².